The maximum Gasteiger partial charge on any atom is 0.411 e. The lowest BCUT2D eigenvalue weighted by Crippen LogP contribution is -2.60. The van der Waals surface area contributed by atoms with Crippen molar-refractivity contribution in [2.75, 3.05) is 32.7 Å². The van der Waals surface area contributed by atoms with E-state index in [-0.39, 0.29) is 11.7 Å². The van der Waals surface area contributed by atoms with Gasteiger partial charge in [0, 0.05) is 45.2 Å². The van der Waals surface area contributed by atoms with Gasteiger partial charge in [-0.15, -0.1) is 0 Å². The van der Waals surface area contributed by atoms with E-state index in [0.29, 0.717) is 38.5 Å². The zero-order chi connectivity index (χ0) is 23.6. The normalized spacial score (nSPS) is 25.0. The van der Waals surface area contributed by atoms with Gasteiger partial charge in [0.15, 0.2) is 0 Å². The molecule has 2 saturated heterocycles. The van der Waals surface area contributed by atoms with E-state index in [2.05, 4.69) is 4.90 Å². The van der Waals surface area contributed by atoms with Crippen molar-refractivity contribution in [3.63, 3.8) is 0 Å². The molecule has 2 heterocycles. The molecule has 0 spiro atoms. The molecule has 3 fully saturated rings. The summed E-state index contributed by atoms with van der Waals surface area (Å²) in [4.78, 5) is 33.5. The Morgan fingerprint density at radius 3 is 2.52 bits per heavy atom. The third kappa shape index (κ3) is 5.34. The van der Waals surface area contributed by atoms with Crippen LogP contribution in [0.5, 0.6) is 0 Å². The van der Waals surface area contributed by atoms with Crippen LogP contribution < -0.4 is 0 Å². The molecule has 0 bridgehead atoms. The molecule has 1 saturated carbocycles. The number of halogens is 1. The molecule has 1 aromatic carbocycles. The van der Waals surface area contributed by atoms with Crippen molar-refractivity contribution in [2.24, 2.45) is 0 Å². The molecule has 3 aliphatic rings. The molecule has 33 heavy (non-hydrogen) atoms. The van der Waals surface area contributed by atoms with E-state index < -0.39 is 17.2 Å². The predicted molar refractivity (Wildman–Crippen MR) is 125 cm³/mol. The molecule has 2 aliphatic heterocycles. The van der Waals surface area contributed by atoms with Crippen molar-refractivity contribution < 1.29 is 18.7 Å². The standard InChI is InChI=1S/C26H38FN3O3/c1-25(2,3)33-24(32)30-15-6-12-26(30,19-20-8-4-9-21(27)18-20)23(31)29-14-7-13-28(16-17-29)22-10-5-11-22/h4,8-9,18,22H,5-7,10-17,19H2,1-3H3/t26-/m0/s1. The summed E-state index contributed by atoms with van der Waals surface area (Å²) in [7, 11) is 0. The fourth-order valence-electron chi connectivity index (χ4n) is 5.48. The van der Waals surface area contributed by atoms with Crippen molar-refractivity contribution in [3.8, 4) is 0 Å². The van der Waals surface area contributed by atoms with Gasteiger partial charge in [0.1, 0.15) is 17.0 Å². The monoisotopic (exact) mass is 459 g/mol. The molecule has 0 N–H and O–H groups in total. The van der Waals surface area contributed by atoms with Crippen LogP contribution >= 0.6 is 0 Å². The number of ether oxygens (including phenoxy) is 1. The summed E-state index contributed by atoms with van der Waals surface area (Å²) in [5, 5.41) is 0. The first kappa shape index (κ1) is 24.0. The Hall–Kier alpha value is -2.15. The van der Waals surface area contributed by atoms with E-state index in [1.807, 2.05) is 31.7 Å². The Bertz CT molecular complexity index is 867. The summed E-state index contributed by atoms with van der Waals surface area (Å²) in [5.41, 5.74) is -0.967. The highest BCUT2D eigenvalue weighted by atomic mass is 19.1. The smallest absolute Gasteiger partial charge is 0.411 e. The van der Waals surface area contributed by atoms with Gasteiger partial charge in [0.2, 0.25) is 5.91 Å². The van der Waals surface area contributed by atoms with Gasteiger partial charge in [-0.3, -0.25) is 14.6 Å². The SMILES string of the molecule is CC(C)(C)OC(=O)N1CCC[C@]1(Cc1cccc(F)c1)C(=O)N1CCCN(C2CCC2)CC1. The van der Waals surface area contributed by atoms with Gasteiger partial charge < -0.3 is 9.64 Å². The first-order valence-electron chi connectivity index (χ1n) is 12.5. The average molecular weight is 460 g/mol. The van der Waals surface area contributed by atoms with Crippen molar-refractivity contribution in [2.45, 2.75) is 82.9 Å². The lowest BCUT2D eigenvalue weighted by Gasteiger charge is -2.41. The summed E-state index contributed by atoms with van der Waals surface area (Å²) in [6, 6.07) is 7.04. The quantitative estimate of drug-likeness (QED) is 0.676. The molecule has 1 atom stereocenters. The van der Waals surface area contributed by atoms with Gasteiger partial charge in [-0.25, -0.2) is 9.18 Å². The van der Waals surface area contributed by atoms with Gasteiger partial charge in [-0.05, 0) is 70.6 Å². The fraction of sp³-hybridized carbons (Fsp3) is 0.692. The maximum atomic E-state index is 14.2. The van der Waals surface area contributed by atoms with E-state index in [9.17, 15) is 14.0 Å². The van der Waals surface area contributed by atoms with Gasteiger partial charge >= 0.3 is 6.09 Å². The predicted octanol–water partition coefficient (Wildman–Crippen LogP) is 4.22. The highest BCUT2D eigenvalue weighted by Gasteiger charge is 2.52. The van der Waals surface area contributed by atoms with Crippen LogP contribution in [0.1, 0.15) is 64.9 Å². The minimum atomic E-state index is -1.04. The van der Waals surface area contributed by atoms with Crippen LogP contribution in [0.2, 0.25) is 0 Å². The molecule has 0 aromatic heterocycles. The molecule has 0 radical (unpaired) electrons. The zero-order valence-corrected chi connectivity index (χ0v) is 20.3. The second-order valence-electron chi connectivity index (χ2n) is 10.8. The number of rotatable bonds is 4. The second-order valence-corrected chi connectivity index (χ2v) is 10.8. The molecular formula is C26H38FN3O3. The third-order valence-electron chi connectivity index (χ3n) is 7.30. The summed E-state index contributed by atoms with van der Waals surface area (Å²) in [5.74, 6) is -0.353. The van der Waals surface area contributed by atoms with Gasteiger partial charge in [-0.1, -0.05) is 18.6 Å². The molecule has 7 heteroatoms. The Morgan fingerprint density at radius 2 is 1.85 bits per heavy atom. The average Bonchev–Trinajstić information content (AvgIpc) is 2.97. The topological polar surface area (TPSA) is 53.1 Å². The number of nitrogens with zero attached hydrogens (tertiary/aromatic N) is 3. The van der Waals surface area contributed by atoms with E-state index in [1.54, 1.807) is 11.0 Å². The van der Waals surface area contributed by atoms with Crippen molar-refractivity contribution in [3.05, 3.63) is 35.6 Å². The van der Waals surface area contributed by atoms with Gasteiger partial charge in [0.05, 0.1) is 0 Å². The number of amides is 2. The summed E-state index contributed by atoms with van der Waals surface area (Å²) < 4.78 is 19.7. The Balaban J connectivity index is 1.60. The van der Waals surface area contributed by atoms with Crippen molar-refractivity contribution in [1.82, 2.24) is 14.7 Å². The molecule has 4 rings (SSSR count). The minimum Gasteiger partial charge on any atom is -0.444 e. The van der Waals surface area contributed by atoms with Crippen LogP contribution in [0.25, 0.3) is 0 Å². The molecule has 1 aliphatic carbocycles. The number of benzene rings is 1. The molecule has 1 aromatic rings. The van der Waals surface area contributed by atoms with E-state index in [4.69, 9.17) is 4.74 Å². The summed E-state index contributed by atoms with van der Waals surface area (Å²) in [6.07, 6.45) is 5.86. The first-order valence-corrected chi connectivity index (χ1v) is 12.5. The van der Waals surface area contributed by atoms with Crippen LogP contribution in [-0.2, 0) is 16.0 Å². The van der Waals surface area contributed by atoms with Crippen molar-refractivity contribution >= 4 is 12.0 Å². The summed E-state index contributed by atoms with van der Waals surface area (Å²) in [6.45, 7) is 9.22. The second kappa shape index (κ2) is 9.61. The fourth-order valence-corrected chi connectivity index (χ4v) is 5.48. The highest BCUT2D eigenvalue weighted by Crippen LogP contribution is 2.37. The Morgan fingerprint density at radius 1 is 1.06 bits per heavy atom. The number of likely N-dealkylation sites (tertiary alicyclic amines) is 1. The number of hydrogen-bond acceptors (Lipinski definition) is 4. The number of hydrogen-bond donors (Lipinski definition) is 0. The Kier molecular flexibility index (Phi) is 6.99. The third-order valence-corrected chi connectivity index (χ3v) is 7.30. The van der Waals surface area contributed by atoms with Gasteiger partial charge in [-0.2, -0.15) is 0 Å². The number of carbonyl (C=O) groups is 2. The first-order chi connectivity index (χ1) is 15.7. The Labute approximate surface area is 197 Å². The summed E-state index contributed by atoms with van der Waals surface area (Å²) >= 11 is 0. The molecule has 0 unspecified atom stereocenters. The zero-order valence-electron chi connectivity index (χ0n) is 20.3. The van der Waals surface area contributed by atoms with Crippen molar-refractivity contribution in [1.29, 1.82) is 0 Å². The maximum absolute atomic E-state index is 14.2. The van der Waals surface area contributed by atoms with Crippen LogP contribution in [0.15, 0.2) is 24.3 Å². The van der Waals surface area contributed by atoms with Crippen LogP contribution in [0, 0.1) is 5.82 Å². The lowest BCUT2D eigenvalue weighted by molar-refractivity contribution is -0.142. The van der Waals surface area contributed by atoms with Crippen LogP contribution in [0.4, 0.5) is 9.18 Å². The minimum absolute atomic E-state index is 0.0226. The molecule has 182 valence electrons. The largest absolute Gasteiger partial charge is 0.444 e. The van der Waals surface area contributed by atoms with Crippen LogP contribution in [0.3, 0.4) is 0 Å². The highest BCUT2D eigenvalue weighted by molar-refractivity contribution is 5.91. The molecule has 2 amide bonds. The number of carbonyl (C=O) groups excluding carboxylic acids is 2. The van der Waals surface area contributed by atoms with E-state index >= 15 is 0 Å². The van der Waals surface area contributed by atoms with Crippen LogP contribution in [-0.4, -0.2) is 76.6 Å². The molecule has 6 nitrogen and oxygen atoms in total. The lowest BCUT2D eigenvalue weighted by atomic mass is 9.86. The molecular weight excluding hydrogens is 421 g/mol. The van der Waals surface area contributed by atoms with E-state index in [0.717, 1.165) is 31.5 Å². The van der Waals surface area contributed by atoms with Gasteiger partial charge in [0.25, 0.3) is 0 Å². The van der Waals surface area contributed by atoms with E-state index in [1.165, 1.54) is 31.4 Å².